The third kappa shape index (κ3) is 2.85. The Morgan fingerprint density at radius 1 is 1.00 bits per heavy atom. The van der Waals surface area contributed by atoms with Crippen molar-refractivity contribution in [1.82, 2.24) is 0 Å². The minimum Gasteiger partial charge on any atom is -0.497 e. The number of hydrogen-bond acceptors (Lipinski definition) is 4. The zero-order valence-electron chi connectivity index (χ0n) is 13.7. The van der Waals surface area contributed by atoms with Crippen LogP contribution >= 0.6 is 0 Å². The normalized spacial score (nSPS) is 14.6. The lowest BCUT2D eigenvalue weighted by molar-refractivity contribution is -0.118. The second kappa shape index (κ2) is 6.35. The van der Waals surface area contributed by atoms with E-state index in [4.69, 9.17) is 9.47 Å². The van der Waals surface area contributed by atoms with Crippen LogP contribution in [0.15, 0.2) is 48.5 Å². The van der Waals surface area contributed by atoms with Crippen molar-refractivity contribution in [2.75, 3.05) is 19.5 Å². The van der Waals surface area contributed by atoms with Crippen LogP contribution in [0.5, 0.6) is 5.75 Å². The topological polar surface area (TPSA) is 64.6 Å². The Balaban J connectivity index is 1.83. The molecule has 0 atom stereocenters. The van der Waals surface area contributed by atoms with E-state index >= 15 is 0 Å². The fourth-order valence-corrected chi connectivity index (χ4v) is 2.80. The Bertz CT molecular complexity index is 763. The molecule has 1 saturated carbocycles. The first-order chi connectivity index (χ1) is 11.6. The van der Waals surface area contributed by atoms with Crippen LogP contribution in [-0.2, 0) is 14.9 Å². The first-order valence-electron chi connectivity index (χ1n) is 7.74. The molecule has 1 N–H and O–H groups in total. The molecule has 0 bridgehead atoms. The summed E-state index contributed by atoms with van der Waals surface area (Å²) in [6.07, 6.45) is 1.57. The van der Waals surface area contributed by atoms with Gasteiger partial charge in [0.2, 0.25) is 5.91 Å². The molecule has 0 saturated heterocycles. The summed E-state index contributed by atoms with van der Waals surface area (Å²) in [5.74, 6) is 0.176. The molecule has 1 aliphatic rings. The molecule has 2 aromatic rings. The van der Waals surface area contributed by atoms with Crippen LogP contribution in [0.4, 0.5) is 5.69 Å². The summed E-state index contributed by atoms with van der Waals surface area (Å²) in [6, 6.07) is 14.4. The number of carbonyl (C=O) groups is 2. The summed E-state index contributed by atoms with van der Waals surface area (Å²) in [5, 5.41) is 2.88. The number of rotatable bonds is 5. The highest BCUT2D eigenvalue weighted by Gasteiger charge is 2.51. The highest BCUT2D eigenvalue weighted by Crippen LogP contribution is 2.49. The monoisotopic (exact) mass is 325 g/mol. The van der Waals surface area contributed by atoms with Gasteiger partial charge in [-0.1, -0.05) is 24.3 Å². The van der Waals surface area contributed by atoms with E-state index in [1.165, 1.54) is 7.11 Å². The number of nitrogens with one attached hydrogen (secondary N) is 1. The van der Waals surface area contributed by atoms with Crippen molar-refractivity contribution in [3.8, 4) is 5.75 Å². The number of anilines is 1. The van der Waals surface area contributed by atoms with E-state index in [1.54, 1.807) is 31.4 Å². The van der Waals surface area contributed by atoms with Gasteiger partial charge in [0.15, 0.2) is 0 Å². The van der Waals surface area contributed by atoms with Crippen LogP contribution in [0.3, 0.4) is 0 Å². The fourth-order valence-electron chi connectivity index (χ4n) is 2.80. The maximum absolute atomic E-state index is 12.8. The molecule has 0 radical (unpaired) electrons. The van der Waals surface area contributed by atoms with E-state index in [-0.39, 0.29) is 5.91 Å². The largest absolute Gasteiger partial charge is 0.497 e. The molecule has 1 fully saturated rings. The van der Waals surface area contributed by atoms with E-state index in [0.717, 1.165) is 24.2 Å². The first-order valence-corrected chi connectivity index (χ1v) is 7.74. The summed E-state index contributed by atoms with van der Waals surface area (Å²) < 4.78 is 9.93. The van der Waals surface area contributed by atoms with Gasteiger partial charge in [-0.25, -0.2) is 4.79 Å². The minimum absolute atomic E-state index is 0.107. The van der Waals surface area contributed by atoms with Crippen LogP contribution < -0.4 is 10.1 Å². The summed E-state index contributed by atoms with van der Waals surface area (Å²) in [6.45, 7) is 0. The molecule has 2 aromatic carbocycles. The van der Waals surface area contributed by atoms with E-state index in [1.807, 2.05) is 24.3 Å². The maximum Gasteiger partial charge on any atom is 0.339 e. The Hall–Kier alpha value is -2.82. The van der Waals surface area contributed by atoms with Crippen LogP contribution in [0.25, 0.3) is 0 Å². The number of carbonyl (C=O) groups excluding carboxylic acids is 2. The fraction of sp³-hybridized carbons (Fsp3) is 0.263. The molecule has 0 heterocycles. The van der Waals surface area contributed by atoms with Crippen LogP contribution in [0, 0.1) is 0 Å². The van der Waals surface area contributed by atoms with Crippen molar-refractivity contribution in [3.05, 3.63) is 59.7 Å². The smallest absolute Gasteiger partial charge is 0.339 e. The highest BCUT2D eigenvalue weighted by molar-refractivity contribution is 6.06. The molecule has 3 rings (SSSR count). The SMILES string of the molecule is COC(=O)c1ccccc1NC(=O)C1(c2ccc(OC)cc2)CC1. The third-order valence-corrected chi connectivity index (χ3v) is 4.41. The van der Waals surface area contributed by atoms with E-state index in [0.29, 0.717) is 11.3 Å². The van der Waals surface area contributed by atoms with E-state index in [2.05, 4.69) is 5.32 Å². The number of esters is 1. The number of methoxy groups -OCH3 is 2. The molecule has 1 amide bonds. The van der Waals surface area contributed by atoms with Crippen molar-refractivity contribution in [1.29, 1.82) is 0 Å². The molecule has 0 aromatic heterocycles. The zero-order chi connectivity index (χ0) is 17.2. The van der Waals surface area contributed by atoms with Gasteiger partial charge < -0.3 is 14.8 Å². The number of hydrogen-bond donors (Lipinski definition) is 1. The predicted octanol–water partition coefficient (Wildman–Crippen LogP) is 3.15. The second-order valence-corrected chi connectivity index (χ2v) is 5.80. The van der Waals surface area contributed by atoms with Crippen molar-refractivity contribution in [2.24, 2.45) is 0 Å². The Kier molecular flexibility index (Phi) is 4.25. The molecule has 0 spiro atoms. The van der Waals surface area contributed by atoms with Crippen molar-refractivity contribution < 1.29 is 19.1 Å². The summed E-state index contributed by atoms with van der Waals surface area (Å²) in [5.41, 5.74) is 1.24. The standard InChI is InChI=1S/C19H19NO4/c1-23-14-9-7-13(8-10-14)19(11-12-19)18(22)20-16-6-4-3-5-15(16)17(21)24-2/h3-10H,11-12H2,1-2H3,(H,20,22). The molecule has 1 aliphatic carbocycles. The van der Waals surface area contributed by atoms with Gasteiger partial charge in [0, 0.05) is 0 Å². The Labute approximate surface area is 140 Å². The van der Waals surface area contributed by atoms with Crippen LogP contribution in [0.1, 0.15) is 28.8 Å². The lowest BCUT2D eigenvalue weighted by atomic mass is 9.94. The second-order valence-electron chi connectivity index (χ2n) is 5.80. The van der Waals surface area contributed by atoms with Gasteiger partial charge in [-0.05, 0) is 42.7 Å². The quantitative estimate of drug-likeness (QED) is 0.858. The molecular formula is C19H19NO4. The predicted molar refractivity (Wildman–Crippen MR) is 90.3 cm³/mol. The van der Waals surface area contributed by atoms with Crippen LogP contribution in [0.2, 0.25) is 0 Å². The minimum atomic E-state index is -0.532. The molecule has 5 heteroatoms. The number of ether oxygens (including phenoxy) is 2. The molecule has 24 heavy (non-hydrogen) atoms. The van der Waals surface area contributed by atoms with Gasteiger partial charge in [0.05, 0.1) is 30.9 Å². The van der Waals surface area contributed by atoms with Gasteiger partial charge in [0.1, 0.15) is 5.75 Å². The summed E-state index contributed by atoms with van der Waals surface area (Å²) in [7, 11) is 2.93. The average Bonchev–Trinajstić information content (AvgIpc) is 3.43. The van der Waals surface area contributed by atoms with Crippen molar-refractivity contribution in [2.45, 2.75) is 18.3 Å². The van der Waals surface area contributed by atoms with E-state index < -0.39 is 11.4 Å². The Morgan fingerprint density at radius 3 is 2.25 bits per heavy atom. The van der Waals surface area contributed by atoms with Crippen molar-refractivity contribution >= 4 is 17.6 Å². The Morgan fingerprint density at radius 2 is 1.67 bits per heavy atom. The average molecular weight is 325 g/mol. The third-order valence-electron chi connectivity index (χ3n) is 4.41. The lowest BCUT2D eigenvalue weighted by Gasteiger charge is -2.17. The maximum atomic E-state index is 12.8. The number of benzene rings is 2. The van der Waals surface area contributed by atoms with Gasteiger partial charge in [-0.2, -0.15) is 0 Å². The van der Waals surface area contributed by atoms with Gasteiger partial charge in [0.25, 0.3) is 0 Å². The van der Waals surface area contributed by atoms with Gasteiger partial charge in [-0.15, -0.1) is 0 Å². The number of amides is 1. The first kappa shape index (κ1) is 16.1. The lowest BCUT2D eigenvalue weighted by Crippen LogP contribution is -2.28. The summed E-state index contributed by atoms with van der Waals surface area (Å²) >= 11 is 0. The van der Waals surface area contributed by atoms with Gasteiger partial charge >= 0.3 is 5.97 Å². The molecule has 0 unspecified atom stereocenters. The molecule has 5 nitrogen and oxygen atoms in total. The zero-order valence-corrected chi connectivity index (χ0v) is 13.7. The molecule has 0 aliphatic heterocycles. The van der Waals surface area contributed by atoms with Crippen LogP contribution in [-0.4, -0.2) is 26.1 Å². The van der Waals surface area contributed by atoms with Crippen molar-refractivity contribution in [3.63, 3.8) is 0 Å². The number of para-hydroxylation sites is 1. The molecular weight excluding hydrogens is 306 g/mol. The van der Waals surface area contributed by atoms with Gasteiger partial charge in [-0.3, -0.25) is 4.79 Å². The van der Waals surface area contributed by atoms with E-state index in [9.17, 15) is 9.59 Å². The highest BCUT2D eigenvalue weighted by atomic mass is 16.5. The summed E-state index contributed by atoms with van der Waals surface area (Å²) in [4.78, 5) is 24.7. The molecule has 124 valence electrons.